The van der Waals surface area contributed by atoms with Gasteiger partial charge in [-0.05, 0) is 6.42 Å². The Hall–Kier alpha value is -2.44. The van der Waals surface area contributed by atoms with Crippen molar-refractivity contribution in [3.8, 4) is 0 Å². The fourth-order valence-electron chi connectivity index (χ4n) is 4.70. The Balaban J connectivity index is 2.02. The zero-order valence-corrected chi connectivity index (χ0v) is 14.6. The molecule has 0 aromatic rings. The van der Waals surface area contributed by atoms with Crippen molar-refractivity contribution in [1.82, 2.24) is 14.7 Å². The van der Waals surface area contributed by atoms with Crippen LogP contribution in [-0.2, 0) is 19.2 Å². The molecular weight excluding hydrogens is 322 g/mol. The molecule has 6 aliphatic heterocycles. The molecule has 2 spiro atoms. The monoisotopic (exact) mass is 343 g/mol. The van der Waals surface area contributed by atoms with E-state index in [1.54, 1.807) is 26.2 Å². The number of rotatable bonds is 3. The number of nitrogens with zero attached hydrogens (tertiary/aromatic N) is 3. The maximum atomic E-state index is 13.3. The third-order valence-electron chi connectivity index (χ3n) is 6.17. The van der Waals surface area contributed by atoms with Crippen molar-refractivity contribution in [2.75, 3.05) is 20.6 Å². The van der Waals surface area contributed by atoms with Crippen LogP contribution in [0.15, 0.2) is 24.3 Å². The highest BCUT2D eigenvalue weighted by atomic mass is 16.2. The molecular formula is C18H21N3O4. The Bertz CT molecular complexity index is 712. The minimum Gasteiger partial charge on any atom is -0.336 e. The minimum absolute atomic E-state index is 0.222. The average Bonchev–Trinajstić information content (AvgIpc) is 2.74. The van der Waals surface area contributed by atoms with Crippen molar-refractivity contribution in [1.29, 1.82) is 0 Å². The first-order valence-electron chi connectivity index (χ1n) is 8.64. The number of hydrogen-bond donors (Lipinski definition) is 0. The van der Waals surface area contributed by atoms with Gasteiger partial charge in [0.1, 0.15) is 0 Å². The van der Waals surface area contributed by atoms with Crippen LogP contribution in [0.4, 0.5) is 0 Å². The largest absolute Gasteiger partial charge is 0.336 e. The van der Waals surface area contributed by atoms with Crippen LogP contribution >= 0.6 is 0 Å². The Morgan fingerprint density at radius 1 is 0.840 bits per heavy atom. The van der Waals surface area contributed by atoms with Crippen LogP contribution in [0, 0.1) is 10.8 Å². The van der Waals surface area contributed by atoms with E-state index in [-0.39, 0.29) is 18.6 Å². The van der Waals surface area contributed by atoms with Crippen LogP contribution in [-0.4, -0.2) is 71.1 Å². The molecule has 7 heteroatoms. The molecule has 0 N–H and O–H groups in total. The predicted octanol–water partition coefficient (Wildman–Crippen LogP) is -0.0647. The molecule has 6 heterocycles. The van der Waals surface area contributed by atoms with Crippen molar-refractivity contribution in [3.63, 3.8) is 0 Å². The average molecular weight is 343 g/mol. The Morgan fingerprint density at radius 2 is 1.28 bits per heavy atom. The normalized spacial score (nSPS) is 38.8. The van der Waals surface area contributed by atoms with Gasteiger partial charge in [-0.1, -0.05) is 37.6 Å². The summed E-state index contributed by atoms with van der Waals surface area (Å²) in [7, 11) is 3.26. The zero-order valence-electron chi connectivity index (χ0n) is 14.6. The number of unbranched alkanes of at least 4 members (excludes halogenated alkanes) is 1. The van der Waals surface area contributed by atoms with E-state index in [1.807, 2.05) is 6.92 Å². The maximum absolute atomic E-state index is 13.3. The second kappa shape index (κ2) is 4.80. The van der Waals surface area contributed by atoms with Crippen molar-refractivity contribution >= 4 is 23.6 Å². The lowest BCUT2D eigenvalue weighted by Gasteiger charge is -2.53. The van der Waals surface area contributed by atoms with E-state index in [0.717, 1.165) is 11.3 Å². The molecule has 25 heavy (non-hydrogen) atoms. The van der Waals surface area contributed by atoms with Gasteiger partial charge in [-0.15, -0.1) is 0 Å². The van der Waals surface area contributed by atoms with Crippen LogP contribution in [0.1, 0.15) is 19.8 Å². The lowest BCUT2D eigenvalue weighted by atomic mass is 9.58. The molecule has 0 aromatic heterocycles. The molecule has 7 aliphatic rings. The molecule has 7 rings (SSSR count). The summed E-state index contributed by atoms with van der Waals surface area (Å²) in [4.78, 5) is 57.2. The number of amides is 4. The molecule has 2 saturated heterocycles. The number of imide groups is 1. The fourth-order valence-corrected chi connectivity index (χ4v) is 4.70. The first kappa shape index (κ1) is 16.1. The van der Waals surface area contributed by atoms with E-state index in [0.29, 0.717) is 6.42 Å². The summed E-state index contributed by atoms with van der Waals surface area (Å²) in [6.45, 7) is 2.18. The van der Waals surface area contributed by atoms with Gasteiger partial charge in [-0.25, -0.2) is 0 Å². The van der Waals surface area contributed by atoms with Gasteiger partial charge in [-0.3, -0.25) is 24.1 Å². The summed E-state index contributed by atoms with van der Waals surface area (Å²) in [5.41, 5.74) is -3.59. The maximum Gasteiger partial charge on any atom is 0.250 e. The molecule has 4 amide bonds. The highest BCUT2D eigenvalue weighted by molar-refractivity contribution is 6.30. The summed E-state index contributed by atoms with van der Waals surface area (Å²) < 4.78 is 0. The molecule has 0 saturated carbocycles. The Morgan fingerprint density at radius 3 is 1.68 bits per heavy atom. The summed E-state index contributed by atoms with van der Waals surface area (Å²) in [5, 5.41) is 0. The predicted molar refractivity (Wildman–Crippen MR) is 87.9 cm³/mol. The van der Waals surface area contributed by atoms with E-state index >= 15 is 0 Å². The van der Waals surface area contributed by atoms with Gasteiger partial charge in [0.15, 0.2) is 10.8 Å². The van der Waals surface area contributed by atoms with Gasteiger partial charge < -0.3 is 9.80 Å². The van der Waals surface area contributed by atoms with Crippen LogP contribution < -0.4 is 0 Å². The van der Waals surface area contributed by atoms with Crippen LogP contribution in [0.25, 0.3) is 0 Å². The first-order valence-corrected chi connectivity index (χ1v) is 8.64. The number of likely N-dealkylation sites (tertiary alicyclic amines) is 1. The highest BCUT2D eigenvalue weighted by Crippen LogP contribution is 2.57. The number of likely N-dealkylation sites (N-methyl/N-ethyl adjacent to an activating group) is 2. The number of hydrogen-bond acceptors (Lipinski definition) is 4. The van der Waals surface area contributed by atoms with E-state index < -0.39 is 34.5 Å². The topological polar surface area (TPSA) is 78.0 Å². The third kappa shape index (κ3) is 1.48. The van der Waals surface area contributed by atoms with E-state index in [1.165, 1.54) is 22.0 Å². The van der Waals surface area contributed by atoms with Crippen molar-refractivity contribution in [2.24, 2.45) is 10.8 Å². The van der Waals surface area contributed by atoms with E-state index in [2.05, 4.69) is 0 Å². The van der Waals surface area contributed by atoms with Crippen molar-refractivity contribution in [3.05, 3.63) is 24.3 Å². The molecule has 4 bridgehead atoms. The Labute approximate surface area is 145 Å². The molecule has 2 fully saturated rings. The second-order valence-electron chi connectivity index (χ2n) is 7.26. The lowest BCUT2D eigenvalue weighted by molar-refractivity contribution is -0.168. The molecule has 4 atom stereocenters. The Kier molecular flexibility index (Phi) is 3.08. The first-order chi connectivity index (χ1) is 11.8. The molecule has 0 radical (unpaired) electrons. The molecule has 1 aliphatic carbocycles. The van der Waals surface area contributed by atoms with E-state index in [9.17, 15) is 19.2 Å². The zero-order chi connectivity index (χ0) is 18.1. The molecule has 7 nitrogen and oxygen atoms in total. The number of carbonyl (C=O) groups excluding carboxylic acids is 4. The second-order valence-corrected chi connectivity index (χ2v) is 7.26. The standard InChI is InChI=1S/C18H21N3O4/c1-4-5-10-21-15(24)17-8-6-11(19(2)13(17)22)12-7-9-18(17,16(21)25)14(23)20(12)3/h6-9,11-12H,4-5,10H2,1-3H3/t11-,12-,17-,18-/m0/s1. The lowest BCUT2D eigenvalue weighted by Crippen LogP contribution is -2.70. The van der Waals surface area contributed by atoms with Crippen LogP contribution in [0.5, 0.6) is 0 Å². The fraction of sp³-hybridized carbons (Fsp3) is 0.556. The van der Waals surface area contributed by atoms with Gasteiger partial charge in [0, 0.05) is 20.6 Å². The highest BCUT2D eigenvalue weighted by Gasteiger charge is 2.78. The summed E-state index contributed by atoms with van der Waals surface area (Å²) >= 11 is 0. The van der Waals surface area contributed by atoms with Gasteiger partial charge >= 0.3 is 0 Å². The van der Waals surface area contributed by atoms with Gasteiger partial charge in [-0.2, -0.15) is 0 Å². The molecule has 132 valence electrons. The molecule has 0 aromatic carbocycles. The summed E-state index contributed by atoms with van der Waals surface area (Å²) in [6.07, 6.45) is 8.07. The van der Waals surface area contributed by atoms with Crippen LogP contribution in [0.3, 0.4) is 0 Å². The smallest absolute Gasteiger partial charge is 0.250 e. The van der Waals surface area contributed by atoms with Crippen molar-refractivity contribution < 1.29 is 19.2 Å². The summed E-state index contributed by atoms with van der Waals surface area (Å²) in [5.74, 6) is -2.09. The summed E-state index contributed by atoms with van der Waals surface area (Å²) in [6, 6.07) is -0.677. The van der Waals surface area contributed by atoms with Gasteiger partial charge in [0.2, 0.25) is 11.8 Å². The third-order valence-corrected chi connectivity index (χ3v) is 6.17. The van der Waals surface area contributed by atoms with Crippen molar-refractivity contribution in [2.45, 2.75) is 31.8 Å². The van der Waals surface area contributed by atoms with E-state index in [4.69, 9.17) is 0 Å². The van der Waals surface area contributed by atoms with Gasteiger partial charge in [0.25, 0.3) is 11.8 Å². The van der Waals surface area contributed by atoms with Crippen LogP contribution in [0.2, 0.25) is 0 Å². The molecule has 0 unspecified atom stereocenters. The minimum atomic E-state index is -1.80. The number of carbonyl (C=O) groups is 4. The van der Waals surface area contributed by atoms with Gasteiger partial charge in [0.05, 0.1) is 12.1 Å². The quantitative estimate of drug-likeness (QED) is 0.408. The SMILES string of the molecule is CCCCN1C(=O)[C@@]23C=C[C@@H]([C@@H]4C=C[C@@]2(C1=O)C(=O)N4C)N(C)C3=O.